The number of benzene rings is 1. The van der Waals surface area contributed by atoms with Crippen molar-refractivity contribution in [3.05, 3.63) is 59.3 Å². The van der Waals surface area contributed by atoms with E-state index in [1.807, 2.05) is 43.1 Å². The molecule has 0 aliphatic carbocycles. The van der Waals surface area contributed by atoms with Gasteiger partial charge in [0.25, 0.3) is 0 Å². The van der Waals surface area contributed by atoms with Gasteiger partial charge in [0.05, 0.1) is 0 Å². The molecule has 2 aromatic rings. The van der Waals surface area contributed by atoms with Crippen LogP contribution in [0.1, 0.15) is 23.2 Å². The number of hydrogen-bond acceptors (Lipinski definition) is 3. The number of nitrogens with one attached hydrogen (secondary N) is 2. The maximum absolute atomic E-state index is 12.1. The van der Waals surface area contributed by atoms with Gasteiger partial charge >= 0.3 is 0 Å². The van der Waals surface area contributed by atoms with Gasteiger partial charge in [-0.05, 0) is 37.1 Å². The molecule has 1 heterocycles. The highest BCUT2D eigenvalue weighted by atomic mass is 16.1. The van der Waals surface area contributed by atoms with E-state index < -0.39 is 0 Å². The van der Waals surface area contributed by atoms with Crippen molar-refractivity contribution in [2.45, 2.75) is 26.8 Å². The molecule has 0 spiro atoms. The summed E-state index contributed by atoms with van der Waals surface area (Å²) in [5.74, 6) is 1.26. The second kappa shape index (κ2) is 9.56. The third-order valence-electron chi connectivity index (χ3n) is 4.03. The van der Waals surface area contributed by atoms with E-state index in [2.05, 4.69) is 39.7 Å². The highest BCUT2D eigenvalue weighted by Gasteiger charge is 2.09. The van der Waals surface area contributed by atoms with Gasteiger partial charge in [-0.25, -0.2) is 4.98 Å². The predicted molar refractivity (Wildman–Crippen MR) is 106 cm³/mol. The summed E-state index contributed by atoms with van der Waals surface area (Å²) < 4.78 is 0. The van der Waals surface area contributed by atoms with E-state index in [0.717, 1.165) is 18.2 Å². The third kappa shape index (κ3) is 5.88. The largest absolute Gasteiger partial charge is 0.356 e. The van der Waals surface area contributed by atoms with Crippen molar-refractivity contribution in [1.29, 1.82) is 0 Å². The van der Waals surface area contributed by atoms with Gasteiger partial charge < -0.3 is 15.5 Å². The number of rotatable bonds is 6. The number of hydrogen-bond donors (Lipinski definition) is 2. The standard InChI is InChI=1S/C20H27N5O/c1-15-8-5-6-10-17(15)14-25(4)20(21-3)22-13-12-19(26)24-18-11-7-9-16(2)23-18/h5-11H,12-14H2,1-4H3,(H,21,22)(H,23,24,26). The minimum absolute atomic E-state index is 0.0763. The second-order valence-corrected chi connectivity index (χ2v) is 6.22. The fourth-order valence-corrected chi connectivity index (χ4v) is 2.61. The molecule has 0 atom stereocenters. The molecule has 0 unspecified atom stereocenters. The summed E-state index contributed by atoms with van der Waals surface area (Å²) >= 11 is 0. The van der Waals surface area contributed by atoms with E-state index in [4.69, 9.17) is 0 Å². The van der Waals surface area contributed by atoms with Crippen LogP contribution in [-0.2, 0) is 11.3 Å². The number of pyridine rings is 1. The number of carbonyl (C=O) groups excluding carboxylic acids is 1. The molecule has 0 aliphatic heterocycles. The first-order valence-corrected chi connectivity index (χ1v) is 8.69. The monoisotopic (exact) mass is 353 g/mol. The molecular weight excluding hydrogens is 326 g/mol. The molecule has 0 saturated heterocycles. The molecule has 2 N–H and O–H groups in total. The number of carbonyl (C=O) groups is 1. The molecule has 1 amide bonds. The zero-order valence-electron chi connectivity index (χ0n) is 15.9. The number of nitrogens with zero attached hydrogens (tertiary/aromatic N) is 3. The van der Waals surface area contributed by atoms with E-state index in [1.54, 1.807) is 13.1 Å². The van der Waals surface area contributed by atoms with Gasteiger partial charge in [-0.1, -0.05) is 30.3 Å². The van der Waals surface area contributed by atoms with Crippen molar-refractivity contribution in [2.75, 3.05) is 26.0 Å². The zero-order valence-corrected chi connectivity index (χ0v) is 15.9. The lowest BCUT2D eigenvalue weighted by Gasteiger charge is -2.23. The smallest absolute Gasteiger partial charge is 0.227 e. The second-order valence-electron chi connectivity index (χ2n) is 6.22. The number of aromatic nitrogens is 1. The Bertz CT molecular complexity index is 772. The Labute approximate surface area is 155 Å². The highest BCUT2D eigenvalue weighted by Crippen LogP contribution is 2.09. The lowest BCUT2D eigenvalue weighted by Crippen LogP contribution is -2.39. The average Bonchev–Trinajstić information content (AvgIpc) is 2.60. The lowest BCUT2D eigenvalue weighted by atomic mass is 10.1. The summed E-state index contributed by atoms with van der Waals surface area (Å²) in [6, 6.07) is 13.8. The molecule has 0 bridgehead atoms. The molecule has 1 aromatic heterocycles. The number of aryl methyl sites for hydroxylation is 2. The first-order valence-electron chi connectivity index (χ1n) is 8.69. The number of amides is 1. The third-order valence-corrected chi connectivity index (χ3v) is 4.03. The van der Waals surface area contributed by atoms with Gasteiger partial charge in [0.15, 0.2) is 5.96 Å². The molecule has 1 aromatic carbocycles. The van der Waals surface area contributed by atoms with Crippen LogP contribution in [0.25, 0.3) is 0 Å². The topological polar surface area (TPSA) is 69.6 Å². The Morgan fingerprint density at radius 1 is 1.15 bits per heavy atom. The van der Waals surface area contributed by atoms with Crippen molar-refractivity contribution in [2.24, 2.45) is 4.99 Å². The SMILES string of the molecule is CN=C(NCCC(=O)Nc1cccc(C)n1)N(C)Cc1ccccc1C. The molecule has 26 heavy (non-hydrogen) atoms. The molecule has 0 saturated carbocycles. The summed E-state index contributed by atoms with van der Waals surface area (Å²) in [7, 11) is 3.73. The maximum Gasteiger partial charge on any atom is 0.227 e. The van der Waals surface area contributed by atoms with Gasteiger partial charge in [0, 0.05) is 39.3 Å². The number of anilines is 1. The maximum atomic E-state index is 12.1. The van der Waals surface area contributed by atoms with E-state index in [9.17, 15) is 4.79 Å². The predicted octanol–water partition coefficient (Wildman–Crippen LogP) is 2.73. The minimum Gasteiger partial charge on any atom is -0.356 e. The van der Waals surface area contributed by atoms with E-state index >= 15 is 0 Å². The van der Waals surface area contributed by atoms with E-state index in [1.165, 1.54) is 11.1 Å². The number of aliphatic imine (C=N–C) groups is 1. The fourth-order valence-electron chi connectivity index (χ4n) is 2.61. The summed E-state index contributed by atoms with van der Waals surface area (Å²) in [6.07, 6.45) is 0.340. The highest BCUT2D eigenvalue weighted by molar-refractivity contribution is 5.90. The van der Waals surface area contributed by atoms with Crippen molar-refractivity contribution in [1.82, 2.24) is 15.2 Å². The molecule has 0 radical (unpaired) electrons. The first kappa shape index (κ1) is 19.4. The quantitative estimate of drug-likeness (QED) is 0.619. The lowest BCUT2D eigenvalue weighted by molar-refractivity contribution is -0.116. The minimum atomic E-state index is -0.0763. The normalized spacial score (nSPS) is 11.2. The molecule has 138 valence electrons. The van der Waals surface area contributed by atoms with Gasteiger partial charge in [-0.15, -0.1) is 0 Å². The van der Waals surface area contributed by atoms with Gasteiger partial charge in [0.1, 0.15) is 5.82 Å². The van der Waals surface area contributed by atoms with Crippen LogP contribution in [0.4, 0.5) is 5.82 Å². The Morgan fingerprint density at radius 2 is 1.92 bits per heavy atom. The Balaban J connectivity index is 1.81. The van der Waals surface area contributed by atoms with Crippen LogP contribution < -0.4 is 10.6 Å². The molecular formula is C20H27N5O. The average molecular weight is 353 g/mol. The molecule has 0 fully saturated rings. The Kier molecular flexibility index (Phi) is 7.14. The molecule has 0 aliphatic rings. The van der Waals surface area contributed by atoms with Gasteiger partial charge in [-0.2, -0.15) is 0 Å². The van der Waals surface area contributed by atoms with Crippen LogP contribution >= 0.6 is 0 Å². The van der Waals surface area contributed by atoms with Crippen LogP contribution in [0, 0.1) is 13.8 Å². The fraction of sp³-hybridized carbons (Fsp3) is 0.350. The molecule has 2 rings (SSSR count). The van der Waals surface area contributed by atoms with Crippen LogP contribution in [0.5, 0.6) is 0 Å². The van der Waals surface area contributed by atoms with Gasteiger partial charge in [-0.3, -0.25) is 9.79 Å². The van der Waals surface area contributed by atoms with Crippen LogP contribution in [0.15, 0.2) is 47.5 Å². The van der Waals surface area contributed by atoms with Crippen LogP contribution in [0.3, 0.4) is 0 Å². The van der Waals surface area contributed by atoms with Crippen molar-refractivity contribution in [3.63, 3.8) is 0 Å². The Morgan fingerprint density at radius 3 is 2.62 bits per heavy atom. The Hall–Kier alpha value is -2.89. The zero-order chi connectivity index (χ0) is 18.9. The van der Waals surface area contributed by atoms with Crippen molar-refractivity contribution in [3.8, 4) is 0 Å². The van der Waals surface area contributed by atoms with Crippen molar-refractivity contribution < 1.29 is 4.79 Å². The number of guanidine groups is 1. The van der Waals surface area contributed by atoms with Crippen molar-refractivity contribution >= 4 is 17.7 Å². The first-order chi connectivity index (χ1) is 12.5. The van der Waals surface area contributed by atoms with E-state index in [0.29, 0.717) is 18.8 Å². The summed E-state index contributed by atoms with van der Waals surface area (Å²) in [6.45, 7) is 5.25. The summed E-state index contributed by atoms with van der Waals surface area (Å²) in [5.41, 5.74) is 3.38. The van der Waals surface area contributed by atoms with Crippen LogP contribution in [-0.4, -0.2) is 42.4 Å². The van der Waals surface area contributed by atoms with E-state index in [-0.39, 0.29) is 5.91 Å². The molecule has 6 heteroatoms. The molecule has 6 nitrogen and oxygen atoms in total. The van der Waals surface area contributed by atoms with Crippen LogP contribution in [0.2, 0.25) is 0 Å². The summed E-state index contributed by atoms with van der Waals surface area (Å²) in [4.78, 5) is 22.7. The van der Waals surface area contributed by atoms with Gasteiger partial charge in [0.2, 0.25) is 5.91 Å². The summed E-state index contributed by atoms with van der Waals surface area (Å²) in [5, 5.41) is 6.04.